The molecule has 0 aromatic rings. The van der Waals surface area contributed by atoms with Crippen LogP contribution in [0.15, 0.2) is 18.6 Å². The van der Waals surface area contributed by atoms with E-state index in [4.69, 9.17) is 5.11 Å². The van der Waals surface area contributed by atoms with Crippen LogP contribution in [0, 0.1) is 5.92 Å². The Morgan fingerprint density at radius 2 is 2.31 bits per heavy atom. The highest BCUT2D eigenvalue weighted by molar-refractivity contribution is 4.65. The van der Waals surface area contributed by atoms with Gasteiger partial charge in [-0.1, -0.05) is 19.2 Å². The second kappa shape index (κ2) is 5.78. The molecule has 0 fully saturated rings. The maximum absolute atomic E-state index is 9.52. The van der Waals surface area contributed by atoms with Crippen molar-refractivity contribution in [3.63, 3.8) is 0 Å². The van der Waals surface area contributed by atoms with E-state index in [2.05, 4.69) is 22.1 Å². The third-order valence-corrected chi connectivity index (χ3v) is 1.40. The first-order valence-corrected chi connectivity index (χ1v) is 4.04. The highest BCUT2D eigenvalue weighted by Crippen LogP contribution is 2.17. The third-order valence-electron chi connectivity index (χ3n) is 1.40. The Labute approximate surface area is 78.0 Å². The maximum atomic E-state index is 9.52. The van der Waals surface area contributed by atoms with Crippen molar-refractivity contribution in [3.8, 4) is 0 Å². The van der Waals surface area contributed by atoms with Crippen LogP contribution in [0.5, 0.6) is 0 Å². The van der Waals surface area contributed by atoms with E-state index >= 15 is 0 Å². The molecule has 4 heteroatoms. The average Bonchev–Trinajstić information content (AvgIpc) is 2.03. The summed E-state index contributed by atoms with van der Waals surface area (Å²) in [6.45, 7) is 6.49. The lowest BCUT2D eigenvalue weighted by Gasteiger charge is -2.23. The minimum absolute atomic E-state index is 0.00317. The summed E-state index contributed by atoms with van der Waals surface area (Å²) < 4.78 is 0. The zero-order chi connectivity index (χ0) is 10.3. The monoisotopic (exact) mass is 188 g/mol. The second-order valence-corrected chi connectivity index (χ2v) is 3.17. The highest BCUT2D eigenvalue weighted by atomic mass is 17.2. The zero-order valence-electron chi connectivity index (χ0n) is 7.99. The Morgan fingerprint density at radius 3 is 2.77 bits per heavy atom. The summed E-state index contributed by atoms with van der Waals surface area (Å²) >= 11 is 0. The molecule has 0 radical (unpaired) electrons. The molecule has 76 valence electrons. The summed E-state index contributed by atoms with van der Waals surface area (Å²) in [7, 11) is 0. The van der Waals surface area contributed by atoms with Crippen LogP contribution in [-0.2, 0) is 9.78 Å². The van der Waals surface area contributed by atoms with Crippen molar-refractivity contribution in [3.05, 3.63) is 18.6 Å². The number of aliphatic hydroxyl groups is 2. The van der Waals surface area contributed by atoms with E-state index < -0.39 is 5.79 Å². The molecular weight excluding hydrogens is 172 g/mol. The Bertz CT molecular complexity index is 182. The van der Waals surface area contributed by atoms with Crippen molar-refractivity contribution in [1.82, 2.24) is 0 Å². The van der Waals surface area contributed by atoms with Crippen molar-refractivity contribution in [2.75, 3.05) is 6.61 Å². The van der Waals surface area contributed by atoms with E-state index in [1.165, 1.54) is 6.92 Å². The molecular formula is C9H16O4. The summed E-state index contributed by atoms with van der Waals surface area (Å²) in [5, 5.41) is 18.2. The van der Waals surface area contributed by atoms with Crippen LogP contribution in [-0.4, -0.2) is 22.6 Å². The SMILES string of the molecule is C=C=COOC(C)(O)CC(C)CO. The van der Waals surface area contributed by atoms with Crippen LogP contribution in [0.1, 0.15) is 20.3 Å². The van der Waals surface area contributed by atoms with Crippen LogP contribution in [0.2, 0.25) is 0 Å². The fourth-order valence-electron chi connectivity index (χ4n) is 0.907. The topological polar surface area (TPSA) is 58.9 Å². The fraction of sp³-hybridized carbons (Fsp3) is 0.667. The van der Waals surface area contributed by atoms with E-state index in [0.717, 1.165) is 6.26 Å². The molecule has 0 aromatic carbocycles. The lowest BCUT2D eigenvalue weighted by Crippen LogP contribution is -2.30. The average molecular weight is 188 g/mol. The van der Waals surface area contributed by atoms with Crippen molar-refractivity contribution in [2.45, 2.75) is 26.1 Å². The Balaban J connectivity index is 3.84. The van der Waals surface area contributed by atoms with E-state index in [1.807, 2.05) is 0 Å². The number of hydrogen-bond acceptors (Lipinski definition) is 4. The van der Waals surface area contributed by atoms with E-state index in [9.17, 15) is 5.11 Å². The van der Waals surface area contributed by atoms with E-state index in [-0.39, 0.29) is 18.9 Å². The van der Waals surface area contributed by atoms with Crippen LogP contribution < -0.4 is 0 Å². The molecule has 0 aliphatic carbocycles. The lowest BCUT2D eigenvalue weighted by molar-refractivity contribution is -0.390. The summed E-state index contributed by atoms with van der Waals surface area (Å²) in [6.07, 6.45) is 1.38. The van der Waals surface area contributed by atoms with Gasteiger partial charge in [-0.3, -0.25) is 0 Å². The first-order chi connectivity index (χ1) is 6.02. The molecule has 0 saturated carbocycles. The molecule has 2 N–H and O–H groups in total. The molecule has 0 bridgehead atoms. The summed E-state index contributed by atoms with van der Waals surface area (Å²) in [5.74, 6) is -1.46. The molecule has 0 aromatic heterocycles. The number of hydrogen-bond donors (Lipinski definition) is 2. The van der Waals surface area contributed by atoms with Crippen LogP contribution >= 0.6 is 0 Å². The van der Waals surface area contributed by atoms with Crippen molar-refractivity contribution in [1.29, 1.82) is 0 Å². The van der Waals surface area contributed by atoms with Gasteiger partial charge < -0.3 is 15.1 Å². The van der Waals surface area contributed by atoms with Gasteiger partial charge in [0, 0.05) is 13.0 Å². The summed E-state index contributed by atoms with van der Waals surface area (Å²) in [4.78, 5) is 9.09. The van der Waals surface area contributed by atoms with Gasteiger partial charge in [-0.15, -0.1) is 0 Å². The first kappa shape index (κ1) is 12.2. The number of aliphatic hydroxyl groups excluding tert-OH is 1. The normalized spacial score (nSPS) is 16.9. The summed E-state index contributed by atoms with van der Waals surface area (Å²) in [6, 6.07) is 0. The molecule has 0 spiro atoms. The van der Waals surface area contributed by atoms with Crippen molar-refractivity contribution >= 4 is 0 Å². The quantitative estimate of drug-likeness (QED) is 0.214. The predicted octanol–water partition coefficient (Wildman–Crippen LogP) is 0.960. The van der Waals surface area contributed by atoms with E-state index in [1.54, 1.807) is 6.92 Å². The van der Waals surface area contributed by atoms with Crippen LogP contribution in [0.4, 0.5) is 0 Å². The standard InChI is InChI=1S/C9H16O4/c1-4-5-12-13-9(3,11)6-8(2)7-10/h5,8,10-11H,1,6-7H2,2-3H3. The highest BCUT2D eigenvalue weighted by Gasteiger charge is 2.25. The van der Waals surface area contributed by atoms with Gasteiger partial charge in [0.1, 0.15) is 0 Å². The van der Waals surface area contributed by atoms with Gasteiger partial charge in [0.2, 0.25) is 5.79 Å². The van der Waals surface area contributed by atoms with Gasteiger partial charge in [0.05, 0.1) is 0 Å². The molecule has 0 aliphatic rings. The fourth-order valence-corrected chi connectivity index (χ4v) is 0.907. The lowest BCUT2D eigenvalue weighted by atomic mass is 10.0. The first-order valence-electron chi connectivity index (χ1n) is 4.04. The predicted molar refractivity (Wildman–Crippen MR) is 47.4 cm³/mol. The molecule has 0 aliphatic heterocycles. The van der Waals surface area contributed by atoms with E-state index in [0.29, 0.717) is 0 Å². The zero-order valence-corrected chi connectivity index (χ0v) is 7.99. The summed E-state index contributed by atoms with van der Waals surface area (Å²) in [5.41, 5.74) is 2.32. The van der Waals surface area contributed by atoms with Crippen molar-refractivity contribution in [2.24, 2.45) is 5.92 Å². The third kappa shape index (κ3) is 6.37. The second-order valence-electron chi connectivity index (χ2n) is 3.17. The Kier molecular flexibility index (Phi) is 5.42. The largest absolute Gasteiger partial charge is 0.396 e. The minimum Gasteiger partial charge on any atom is -0.396 e. The molecule has 0 amide bonds. The smallest absolute Gasteiger partial charge is 0.208 e. The molecule has 0 rings (SSSR count). The molecule has 0 saturated heterocycles. The van der Waals surface area contributed by atoms with Gasteiger partial charge in [-0.2, -0.15) is 4.89 Å². The molecule has 0 heterocycles. The maximum Gasteiger partial charge on any atom is 0.208 e. The molecule has 13 heavy (non-hydrogen) atoms. The Morgan fingerprint density at radius 1 is 1.69 bits per heavy atom. The van der Waals surface area contributed by atoms with Gasteiger partial charge in [-0.25, -0.2) is 0 Å². The van der Waals surface area contributed by atoms with Gasteiger partial charge >= 0.3 is 0 Å². The van der Waals surface area contributed by atoms with Crippen molar-refractivity contribution < 1.29 is 20.0 Å². The van der Waals surface area contributed by atoms with Gasteiger partial charge in [0.15, 0.2) is 6.26 Å². The molecule has 2 atom stereocenters. The van der Waals surface area contributed by atoms with Crippen LogP contribution in [0.25, 0.3) is 0 Å². The van der Waals surface area contributed by atoms with Gasteiger partial charge in [-0.05, 0) is 12.8 Å². The minimum atomic E-state index is -1.41. The van der Waals surface area contributed by atoms with Gasteiger partial charge in [0.25, 0.3) is 0 Å². The number of rotatable bonds is 6. The Hall–Kier alpha value is -0.800. The molecule has 2 unspecified atom stereocenters. The molecule has 4 nitrogen and oxygen atoms in total. The van der Waals surface area contributed by atoms with Crippen LogP contribution in [0.3, 0.4) is 0 Å².